The molecule has 1 rings (SSSR count). The third kappa shape index (κ3) is 24.7. The summed E-state index contributed by atoms with van der Waals surface area (Å²) < 4.78 is 4.16. The minimum atomic E-state index is -1.82. The standard InChI is InChI=1S/C7H14N.C4H6O5.C2H2O4.H2O.Pt/c1-6-4-2-3-5-7(6)8;5-3(6)1-9-2-4(7)8;3-1(4)2(5)6;;/h6-7H,1-5,8H2;1-2H2,(H,5,6)(H,7,8);(H,3,4)(H,5,6);1H2;/q+1;;;;/t6-,7-;;;;/m1..../s1. The van der Waals surface area contributed by atoms with E-state index < -0.39 is 37.1 Å². The van der Waals surface area contributed by atoms with Crippen molar-refractivity contribution >= 4 is 23.9 Å². The summed E-state index contributed by atoms with van der Waals surface area (Å²) in [6.45, 7) is 2.83. The van der Waals surface area contributed by atoms with Crippen molar-refractivity contribution in [3.63, 3.8) is 0 Å². The Bertz CT molecular complexity index is 368. The van der Waals surface area contributed by atoms with Gasteiger partial charge in [-0.05, 0) is 19.3 Å². The van der Waals surface area contributed by atoms with Crippen LogP contribution in [0, 0.1) is 12.8 Å². The average Bonchev–Trinajstić information content (AvgIpc) is 2.42. The van der Waals surface area contributed by atoms with E-state index in [2.05, 4.69) is 11.7 Å². The maximum absolute atomic E-state index is 9.66. The zero-order valence-electron chi connectivity index (χ0n) is 13.3. The molecule has 0 aliphatic heterocycles. The SMILES string of the molecule is O.O=C(O)C(=O)O.O=C(O)COCC(=O)O.[CH2+][C@@H]1CCCC[C@H]1N.[Pt]. The van der Waals surface area contributed by atoms with Crippen molar-refractivity contribution in [2.24, 2.45) is 11.7 Å². The van der Waals surface area contributed by atoms with Crippen LogP contribution in [0.3, 0.4) is 0 Å². The molecule has 2 atom stereocenters. The van der Waals surface area contributed by atoms with Gasteiger partial charge in [0.1, 0.15) is 19.1 Å². The minimum absolute atomic E-state index is 0. The quantitative estimate of drug-likeness (QED) is 0.209. The van der Waals surface area contributed by atoms with Gasteiger partial charge >= 0.3 is 23.9 Å². The van der Waals surface area contributed by atoms with Crippen molar-refractivity contribution in [1.82, 2.24) is 0 Å². The van der Waals surface area contributed by atoms with Crippen molar-refractivity contribution in [3.8, 4) is 0 Å². The molecule has 0 saturated heterocycles. The molecule has 0 aromatic carbocycles. The smallest absolute Gasteiger partial charge is 0.414 e. The van der Waals surface area contributed by atoms with Gasteiger partial charge in [0.25, 0.3) is 0 Å². The molecule has 0 bridgehead atoms. The van der Waals surface area contributed by atoms with Gasteiger partial charge in [-0.3, -0.25) is 0 Å². The second kappa shape index (κ2) is 18.7. The van der Waals surface area contributed by atoms with Crippen LogP contribution in [-0.4, -0.2) is 69.0 Å². The molecular weight excluding hydrogens is 525 g/mol. The van der Waals surface area contributed by atoms with Gasteiger partial charge in [-0.25, -0.2) is 19.2 Å². The number of carboxylic acid groups (broad SMARTS) is 4. The van der Waals surface area contributed by atoms with Crippen LogP contribution in [-0.2, 0) is 45.0 Å². The molecule has 1 saturated carbocycles. The maximum atomic E-state index is 9.66. The van der Waals surface area contributed by atoms with E-state index in [9.17, 15) is 9.59 Å². The number of nitrogens with two attached hydrogens (primary N) is 1. The fourth-order valence-corrected chi connectivity index (χ4v) is 1.46. The fraction of sp³-hybridized carbons (Fsp3) is 0.615. The summed E-state index contributed by atoms with van der Waals surface area (Å²) in [5, 5.41) is 30.6. The number of hydrogen-bond donors (Lipinski definition) is 5. The summed E-state index contributed by atoms with van der Waals surface area (Å²) in [5.41, 5.74) is 5.72. The van der Waals surface area contributed by atoms with Gasteiger partial charge in [-0.15, -0.1) is 0 Å². The van der Waals surface area contributed by atoms with E-state index in [4.69, 9.17) is 35.7 Å². The van der Waals surface area contributed by atoms with Gasteiger partial charge in [0.2, 0.25) is 0 Å². The van der Waals surface area contributed by atoms with Crippen LogP contribution in [0.25, 0.3) is 0 Å². The van der Waals surface area contributed by atoms with Crippen molar-refractivity contribution in [2.75, 3.05) is 13.2 Å². The number of carboxylic acids is 4. The number of ether oxygens (including phenoxy) is 1. The zero-order chi connectivity index (χ0) is 18.4. The van der Waals surface area contributed by atoms with Crippen molar-refractivity contribution in [1.29, 1.82) is 0 Å². The largest absolute Gasteiger partial charge is 0.480 e. The van der Waals surface area contributed by atoms with Crippen LogP contribution in [0.2, 0.25) is 0 Å². The Kier molecular flexibility index (Phi) is 23.2. The normalized spacial score (nSPS) is 17.6. The molecule has 0 unspecified atom stereocenters. The van der Waals surface area contributed by atoms with E-state index in [0.717, 1.165) is 0 Å². The summed E-state index contributed by atoms with van der Waals surface area (Å²) >= 11 is 0. The summed E-state index contributed by atoms with van der Waals surface area (Å²) in [4.78, 5) is 37.5. The molecule has 25 heavy (non-hydrogen) atoms. The average molecular weight is 549 g/mol. The molecule has 150 valence electrons. The Balaban J connectivity index is -0.000000130. The Hall–Kier alpha value is -1.68. The Morgan fingerprint density at radius 2 is 1.28 bits per heavy atom. The predicted octanol–water partition coefficient (Wildman–Crippen LogP) is -1.16. The second-order valence-corrected chi connectivity index (χ2v) is 4.60. The molecule has 0 heterocycles. The van der Waals surface area contributed by atoms with E-state index in [-0.39, 0.29) is 26.5 Å². The molecule has 0 aromatic rings. The molecule has 0 amide bonds. The van der Waals surface area contributed by atoms with E-state index in [1.165, 1.54) is 25.7 Å². The molecule has 0 spiro atoms. The third-order valence-electron chi connectivity index (χ3n) is 2.60. The van der Waals surface area contributed by atoms with Crippen molar-refractivity contribution in [3.05, 3.63) is 6.92 Å². The third-order valence-corrected chi connectivity index (χ3v) is 2.60. The van der Waals surface area contributed by atoms with Gasteiger partial charge in [-0.1, -0.05) is 6.42 Å². The first-order valence-corrected chi connectivity index (χ1v) is 6.64. The Morgan fingerprint density at radius 1 is 0.920 bits per heavy atom. The number of rotatable bonds is 4. The van der Waals surface area contributed by atoms with Gasteiger partial charge < -0.3 is 36.4 Å². The topological polar surface area (TPSA) is 216 Å². The Morgan fingerprint density at radius 3 is 1.48 bits per heavy atom. The summed E-state index contributed by atoms with van der Waals surface area (Å²) in [7, 11) is 0. The van der Waals surface area contributed by atoms with Gasteiger partial charge in [0, 0.05) is 27.1 Å². The molecule has 11 nitrogen and oxygen atoms in total. The first kappa shape index (κ1) is 31.1. The van der Waals surface area contributed by atoms with Crippen LogP contribution in [0.5, 0.6) is 0 Å². The first-order chi connectivity index (χ1) is 10.6. The minimum Gasteiger partial charge on any atom is -0.480 e. The van der Waals surface area contributed by atoms with E-state index in [0.29, 0.717) is 12.0 Å². The summed E-state index contributed by atoms with van der Waals surface area (Å²) in [6, 6.07) is 0.392. The van der Waals surface area contributed by atoms with Gasteiger partial charge in [-0.2, -0.15) is 0 Å². The van der Waals surface area contributed by atoms with Gasteiger partial charge in [0.05, 0.1) is 6.92 Å². The molecule has 8 N–H and O–H groups in total. The maximum Gasteiger partial charge on any atom is 0.414 e. The monoisotopic (exact) mass is 549 g/mol. The molecule has 0 aromatic heterocycles. The molecule has 0 radical (unpaired) electrons. The zero-order valence-corrected chi connectivity index (χ0v) is 15.6. The van der Waals surface area contributed by atoms with Crippen LogP contribution >= 0.6 is 0 Å². The predicted molar refractivity (Wildman–Crippen MR) is 80.3 cm³/mol. The fourth-order valence-electron chi connectivity index (χ4n) is 1.46. The molecule has 1 aliphatic carbocycles. The van der Waals surface area contributed by atoms with E-state index in [1.807, 2.05) is 0 Å². The van der Waals surface area contributed by atoms with Crippen LogP contribution in [0.15, 0.2) is 0 Å². The molecule has 1 fully saturated rings. The number of aliphatic carboxylic acids is 4. The summed E-state index contributed by atoms with van der Waals surface area (Å²) in [6.07, 6.45) is 5.07. The second-order valence-electron chi connectivity index (χ2n) is 4.60. The summed E-state index contributed by atoms with van der Waals surface area (Å²) in [5.74, 6) is -5.46. The van der Waals surface area contributed by atoms with Crippen LogP contribution in [0.4, 0.5) is 0 Å². The first-order valence-electron chi connectivity index (χ1n) is 6.64. The van der Waals surface area contributed by atoms with Crippen LogP contribution < -0.4 is 5.73 Å². The number of hydrogen-bond acceptors (Lipinski definition) is 6. The Labute approximate surface area is 158 Å². The van der Waals surface area contributed by atoms with Gasteiger partial charge in [0.15, 0.2) is 0 Å². The van der Waals surface area contributed by atoms with Crippen molar-refractivity contribution < 1.29 is 70.9 Å². The van der Waals surface area contributed by atoms with E-state index >= 15 is 0 Å². The molecule has 12 heteroatoms. The van der Waals surface area contributed by atoms with E-state index in [1.54, 1.807) is 0 Å². The molecule has 1 aliphatic rings. The van der Waals surface area contributed by atoms with Crippen molar-refractivity contribution in [2.45, 2.75) is 31.7 Å². The molecular formula is C13H24NO10Pt+. The number of carbonyl (C=O) groups is 4. The van der Waals surface area contributed by atoms with Crippen LogP contribution in [0.1, 0.15) is 25.7 Å².